The second-order valence-electron chi connectivity index (χ2n) is 6.91. The molecule has 1 heterocycles. The van der Waals surface area contributed by atoms with E-state index in [2.05, 4.69) is 16.2 Å². The fraction of sp³-hybridized carbons (Fsp3) is 0.381. The zero-order valence-electron chi connectivity index (χ0n) is 14.8. The molecule has 2 atom stereocenters. The molecule has 1 aliphatic rings. The third-order valence-electron chi connectivity index (χ3n) is 5.00. The summed E-state index contributed by atoms with van der Waals surface area (Å²) in [5, 5.41) is 0.776. The fourth-order valence-electron chi connectivity index (χ4n) is 3.56. The normalized spacial score (nSPS) is 21.0. The van der Waals surface area contributed by atoms with Gasteiger partial charge in [0.05, 0.1) is 9.71 Å². The van der Waals surface area contributed by atoms with Gasteiger partial charge in [-0.05, 0) is 68.3 Å². The largest absolute Gasteiger partial charge is 0.248 e. The van der Waals surface area contributed by atoms with E-state index >= 15 is 0 Å². The molecule has 0 N–H and O–H groups in total. The van der Waals surface area contributed by atoms with Crippen LogP contribution in [0.4, 0.5) is 0 Å². The van der Waals surface area contributed by atoms with Gasteiger partial charge >= 0.3 is 0 Å². The topological polar surface area (TPSA) is 20.3 Å². The maximum absolute atomic E-state index is 13.5. The van der Waals surface area contributed by atoms with E-state index in [1.54, 1.807) is 0 Å². The monoisotopic (exact) mass is 375 g/mol. The van der Waals surface area contributed by atoms with Crippen LogP contribution in [0.2, 0.25) is 5.02 Å². The number of rotatable bonds is 5. The van der Waals surface area contributed by atoms with Crippen LogP contribution >= 0.6 is 11.6 Å². The molecule has 0 amide bonds. The molecule has 0 bridgehead atoms. The van der Waals surface area contributed by atoms with Crippen molar-refractivity contribution in [2.45, 2.75) is 50.0 Å². The number of hydrogen-bond donors (Lipinski definition) is 0. The van der Waals surface area contributed by atoms with Gasteiger partial charge in [-0.3, -0.25) is 0 Å². The van der Waals surface area contributed by atoms with Gasteiger partial charge < -0.3 is 0 Å². The summed E-state index contributed by atoms with van der Waals surface area (Å²) in [7, 11) is -2.43. The van der Waals surface area contributed by atoms with E-state index in [4.69, 9.17) is 11.6 Å². The Morgan fingerprint density at radius 1 is 1.20 bits per heavy atom. The Balaban J connectivity index is 1.77. The van der Waals surface area contributed by atoms with Gasteiger partial charge in [0.15, 0.2) is 0 Å². The lowest BCUT2D eigenvalue weighted by molar-refractivity contribution is 0.251. The lowest BCUT2D eigenvalue weighted by Crippen LogP contribution is -2.43. The zero-order chi connectivity index (χ0) is 17.9. The van der Waals surface area contributed by atoms with E-state index < -0.39 is 9.71 Å². The minimum atomic E-state index is -2.43. The molecule has 1 fully saturated rings. The molecule has 2 unspecified atom stereocenters. The van der Waals surface area contributed by atoms with Crippen molar-refractivity contribution in [2.24, 2.45) is 0 Å². The molecule has 0 saturated carbocycles. The van der Waals surface area contributed by atoms with E-state index in [0.29, 0.717) is 6.04 Å². The Morgan fingerprint density at radius 3 is 2.68 bits per heavy atom. The fourth-order valence-corrected chi connectivity index (χ4v) is 5.72. The molecule has 134 valence electrons. The molecule has 0 radical (unpaired) electrons. The van der Waals surface area contributed by atoms with Gasteiger partial charge in [-0.2, -0.15) is 0 Å². The molecule has 0 aliphatic carbocycles. The first kappa shape index (κ1) is 18.5. The van der Waals surface area contributed by atoms with Gasteiger partial charge in [-0.25, -0.2) is 8.51 Å². The SMILES string of the molecule is C=S(=O)(c1ccc(C)cc1)N1CCCCC1CCc1cccc(Cl)c1. The predicted molar refractivity (Wildman–Crippen MR) is 109 cm³/mol. The van der Waals surface area contributed by atoms with Gasteiger partial charge in [-0.15, -0.1) is 0 Å². The highest BCUT2D eigenvalue weighted by Crippen LogP contribution is 2.28. The van der Waals surface area contributed by atoms with Crippen molar-refractivity contribution in [1.29, 1.82) is 0 Å². The molecule has 0 spiro atoms. The Hall–Kier alpha value is -1.29. The molecule has 3 rings (SSSR count). The summed E-state index contributed by atoms with van der Waals surface area (Å²) in [6.45, 7) is 2.90. The maximum Gasteiger partial charge on any atom is 0.0561 e. The Labute approximate surface area is 157 Å². The Bertz CT molecular complexity index is 814. The number of nitrogens with zero attached hydrogens (tertiary/aromatic N) is 1. The van der Waals surface area contributed by atoms with Crippen LogP contribution in [0, 0.1) is 6.92 Å². The standard InChI is InChI=1S/C21H26ClNOS/c1-17-9-13-21(14-10-17)25(2,24)23-15-4-3-8-20(23)12-11-18-6-5-7-19(22)16-18/h5-7,9-10,13-14,16,20H,2-4,8,11-12,15H2,1H3. The van der Waals surface area contributed by atoms with E-state index in [1.807, 2.05) is 49.4 Å². The average Bonchev–Trinajstić information content (AvgIpc) is 2.61. The van der Waals surface area contributed by atoms with Crippen LogP contribution in [0.25, 0.3) is 0 Å². The van der Waals surface area contributed by atoms with Gasteiger partial charge in [-0.1, -0.05) is 47.9 Å². The number of benzene rings is 2. The van der Waals surface area contributed by atoms with Crippen molar-refractivity contribution in [2.75, 3.05) is 6.54 Å². The second kappa shape index (κ2) is 7.94. The highest BCUT2D eigenvalue weighted by Gasteiger charge is 2.29. The molecule has 1 saturated heterocycles. The zero-order valence-corrected chi connectivity index (χ0v) is 16.4. The summed E-state index contributed by atoms with van der Waals surface area (Å²) in [6, 6.07) is 16.3. The number of piperidine rings is 1. The van der Waals surface area contributed by atoms with Crippen molar-refractivity contribution in [3.63, 3.8) is 0 Å². The molecule has 2 aromatic carbocycles. The second-order valence-corrected chi connectivity index (χ2v) is 9.57. The molecular weight excluding hydrogens is 350 g/mol. The summed E-state index contributed by atoms with van der Waals surface area (Å²) >= 11 is 6.09. The number of aryl methyl sites for hydroxylation is 2. The van der Waals surface area contributed by atoms with Crippen LogP contribution in [0.1, 0.15) is 36.8 Å². The number of halogens is 1. The Morgan fingerprint density at radius 2 is 1.96 bits per heavy atom. The Kier molecular flexibility index (Phi) is 5.88. The van der Waals surface area contributed by atoms with Crippen molar-refractivity contribution >= 4 is 27.2 Å². The minimum Gasteiger partial charge on any atom is -0.248 e. The highest BCUT2D eigenvalue weighted by atomic mass is 35.5. The first-order valence-corrected chi connectivity index (χ1v) is 11.0. The average molecular weight is 376 g/mol. The van der Waals surface area contributed by atoms with E-state index in [-0.39, 0.29) is 0 Å². The quantitative estimate of drug-likeness (QED) is 0.663. The smallest absolute Gasteiger partial charge is 0.0561 e. The number of hydrogen-bond acceptors (Lipinski definition) is 1. The first-order chi connectivity index (χ1) is 12.0. The summed E-state index contributed by atoms with van der Waals surface area (Å²) in [6.07, 6.45) is 5.30. The van der Waals surface area contributed by atoms with Gasteiger partial charge in [0.2, 0.25) is 0 Å². The third-order valence-corrected chi connectivity index (χ3v) is 7.48. The van der Waals surface area contributed by atoms with Crippen molar-refractivity contribution in [1.82, 2.24) is 4.31 Å². The molecule has 4 heteroatoms. The summed E-state index contributed by atoms with van der Waals surface area (Å²) in [5.41, 5.74) is 2.42. The van der Waals surface area contributed by atoms with E-state index in [9.17, 15) is 4.21 Å². The van der Waals surface area contributed by atoms with E-state index in [1.165, 1.54) is 17.5 Å². The van der Waals surface area contributed by atoms with Crippen LogP contribution in [0.15, 0.2) is 53.4 Å². The van der Waals surface area contributed by atoms with Gasteiger partial charge in [0.1, 0.15) is 0 Å². The third kappa shape index (κ3) is 4.46. The molecule has 2 nitrogen and oxygen atoms in total. The van der Waals surface area contributed by atoms with Crippen molar-refractivity contribution < 1.29 is 4.21 Å². The molecule has 2 aromatic rings. The lowest BCUT2D eigenvalue weighted by atomic mass is 9.98. The van der Waals surface area contributed by atoms with Crippen LogP contribution in [-0.4, -0.2) is 27.0 Å². The molecule has 25 heavy (non-hydrogen) atoms. The van der Waals surface area contributed by atoms with Gasteiger partial charge in [0.25, 0.3) is 0 Å². The predicted octanol–water partition coefficient (Wildman–Crippen LogP) is 5.13. The van der Waals surface area contributed by atoms with Crippen LogP contribution in [0.3, 0.4) is 0 Å². The molecular formula is C21H26ClNOS. The summed E-state index contributed by atoms with van der Waals surface area (Å²) in [5.74, 6) is 4.15. The minimum absolute atomic E-state index is 0.305. The maximum atomic E-state index is 13.5. The van der Waals surface area contributed by atoms with Crippen LogP contribution in [-0.2, 0) is 16.1 Å². The first-order valence-electron chi connectivity index (χ1n) is 8.92. The highest BCUT2D eigenvalue weighted by molar-refractivity contribution is 7.98. The van der Waals surface area contributed by atoms with Crippen molar-refractivity contribution in [3.05, 3.63) is 64.7 Å². The summed E-state index contributed by atoms with van der Waals surface area (Å²) < 4.78 is 15.7. The van der Waals surface area contributed by atoms with Crippen molar-refractivity contribution in [3.8, 4) is 0 Å². The lowest BCUT2D eigenvalue weighted by Gasteiger charge is -2.38. The molecule has 0 aromatic heterocycles. The van der Waals surface area contributed by atoms with E-state index in [0.717, 1.165) is 42.1 Å². The van der Waals surface area contributed by atoms with Crippen LogP contribution < -0.4 is 0 Å². The van der Waals surface area contributed by atoms with Crippen LogP contribution in [0.5, 0.6) is 0 Å². The van der Waals surface area contributed by atoms with Gasteiger partial charge in [0, 0.05) is 22.5 Å². The summed E-state index contributed by atoms with van der Waals surface area (Å²) in [4.78, 5) is 0.841. The molecule has 1 aliphatic heterocycles.